The Morgan fingerprint density at radius 1 is 0.903 bits per heavy atom. The van der Waals surface area contributed by atoms with Crippen LogP contribution in [0.15, 0.2) is 78.9 Å². The molecule has 0 radical (unpaired) electrons. The average molecular weight is 417 g/mol. The van der Waals surface area contributed by atoms with Gasteiger partial charge < -0.3 is 15.0 Å². The molecule has 0 fully saturated rings. The Labute approximate surface area is 183 Å². The Morgan fingerprint density at radius 2 is 1.61 bits per heavy atom. The Morgan fingerprint density at radius 3 is 2.35 bits per heavy atom. The largest absolute Gasteiger partial charge is 0.493 e. The molecule has 3 aromatic rings. The minimum atomic E-state index is -0.253. The summed E-state index contributed by atoms with van der Waals surface area (Å²) in [6.45, 7) is 5.25. The molecule has 1 N–H and O–H groups in total. The minimum absolute atomic E-state index is 0.107. The van der Waals surface area contributed by atoms with Crippen LogP contribution < -0.4 is 10.1 Å². The van der Waals surface area contributed by atoms with Crippen LogP contribution in [0.2, 0.25) is 0 Å². The van der Waals surface area contributed by atoms with E-state index in [1.165, 1.54) is 0 Å². The number of benzene rings is 3. The number of hydrogen-bond donors (Lipinski definition) is 1. The average Bonchev–Trinajstić information content (AvgIpc) is 2.78. The number of carbonyl (C=O) groups excluding carboxylic acids is 2. The van der Waals surface area contributed by atoms with Gasteiger partial charge >= 0.3 is 0 Å². The minimum Gasteiger partial charge on any atom is -0.493 e. The number of amides is 2. The fraction of sp³-hybridized carbons (Fsp3) is 0.231. The molecule has 0 unspecified atom stereocenters. The van der Waals surface area contributed by atoms with Gasteiger partial charge in [-0.15, -0.1) is 0 Å². The molecule has 3 aromatic carbocycles. The lowest BCUT2D eigenvalue weighted by Crippen LogP contribution is -2.26. The van der Waals surface area contributed by atoms with Crippen LogP contribution in [-0.2, 0) is 6.54 Å². The maximum absolute atomic E-state index is 12.8. The number of ether oxygens (including phenoxy) is 1. The summed E-state index contributed by atoms with van der Waals surface area (Å²) in [5, 5.41) is 2.87. The predicted octanol–water partition coefficient (Wildman–Crippen LogP) is 5.25. The quantitative estimate of drug-likeness (QED) is 0.546. The monoisotopic (exact) mass is 416 g/mol. The van der Waals surface area contributed by atoms with Crippen LogP contribution in [0.4, 0.5) is 5.69 Å². The third-order valence-electron chi connectivity index (χ3n) is 4.66. The lowest BCUT2D eigenvalue weighted by Gasteiger charge is -2.18. The molecule has 3 rings (SSSR count). The van der Waals surface area contributed by atoms with E-state index in [1.54, 1.807) is 54.4 Å². The molecule has 0 aromatic heterocycles. The van der Waals surface area contributed by atoms with Crippen molar-refractivity contribution in [3.8, 4) is 5.75 Å². The van der Waals surface area contributed by atoms with Crippen LogP contribution in [0.1, 0.15) is 40.1 Å². The molecule has 0 aliphatic rings. The van der Waals surface area contributed by atoms with Crippen LogP contribution in [0.25, 0.3) is 0 Å². The summed E-state index contributed by atoms with van der Waals surface area (Å²) < 4.78 is 5.70. The van der Waals surface area contributed by atoms with Crippen molar-refractivity contribution in [1.82, 2.24) is 4.90 Å². The van der Waals surface area contributed by atoms with E-state index in [1.807, 2.05) is 36.4 Å². The summed E-state index contributed by atoms with van der Waals surface area (Å²) in [4.78, 5) is 27.2. The highest BCUT2D eigenvalue weighted by atomic mass is 16.5. The highest BCUT2D eigenvalue weighted by molar-refractivity contribution is 6.05. The maximum atomic E-state index is 12.8. The first-order valence-corrected chi connectivity index (χ1v) is 10.4. The summed E-state index contributed by atoms with van der Waals surface area (Å²) in [7, 11) is 1.77. The van der Waals surface area contributed by atoms with Crippen molar-refractivity contribution >= 4 is 17.5 Å². The molecule has 0 atom stereocenters. The lowest BCUT2D eigenvalue weighted by atomic mass is 10.1. The van der Waals surface area contributed by atoms with Gasteiger partial charge in [-0.25, -0.2) is 0 Å². The lowest BCUT2D eigenvalue weighted by molar-refractivity contribution is 0.0784. The zero-order chi connectivity index (χ0) is 22.2. The molecule has 5 heteroatoms. The molecule has 160 valence electrons. The van der Waals surface area contributed by atoms with E-state index in [0.717, 1.165) is 5.56 Å². The molecule has 0 heterocycles. The number of rotatable bonds is 8. The Hall–Kier alpha value is -3.60. The van der Waals surface area contributed by atoms with Crippen LogP contribution in [-0.4, -0.2) is 30.4 Å². The number of anilines is 1. The van der Waals surface area contributed by atoms with Gasteiger partial charge in [0.15, 0.2) is 0 Å². The van der Waals surface area contributed by atoms with E-state index < -0.39 is 0 Å². The van der Waals surface area contributed by atoms with Crippen LogP contribution in [0.3, 0.4) is 0 Å². The van der Waals surface area contributed by atoms with Crippen molar-refractivity contribution in [3.63, 3.8) is 0 Å². The smallest absolute Gasteiger partial charge is 0.255 e. The van der Waals surface area contributed by atoms with Crippen molar-refractivity contribution in [2.45, 2.75) is 20.4 Å². The van der Waals surface area contributed by atoms with Gasteiger partial charge in [0.25, 0.3) is 11.8 Å². The Balaban J connectivity index is 1.66. The molecule has 0 spiro atoms. The highest BCUT2D eigenvalue weighted by Crippen LogP contribution is 2.18. The second-order valence-electron chi connectivity index (χ2n) is 7.91. The fourth-order valence-corrected chi connectivity index (χ4v) is 3.07. The van der Waals surface area contributed by atoms with Crippen molar-refractivity contribution in [3.05, 3.63) is 95.6 Å². The van der Waals surface area contributed by atoms with Gasteiger partial charge in [-0.3, -0.25) is 9.59 Å². The van der Waals surface area contributed by atoms with Gasteiger partial charge in [-0.05, 0) is 47.9 Å². The van der Waals surface area contributed by atoms with Crippen molar-refractivity contribution in [2.24, 2.45) is 5.92 Å². The maximum Gasteiger partial charge on any atom is 0.255 e. The zero-order valence-electron chi connectivity index (χ0n) is 18.2. The van der Waals surface area contributed by atoms with Crippen molar-refractivity contribution in [1.29, 1.82) is 0 Å². The molecular formula is C26H28N2O3. The summed E-state index contributed by atoms with van der Waals surface area (Å²) in [6, 6.07) is 23.9. The van der Waals surface area contributed by atoms with Crippen LogP contribution in [0, 0.1) is 5.92 Å². The molecule has 5 nitrogen and oxygen atoms in total. The van der Waals surface area contributed by atoms with Gasteiger partial charge in [0.05, 0.1) is 6.61 Å². The number of nitrogens with one attached hydrogen (secondary N) is 1. The first kappa shape index (κ1) is 22.1. The van der Waals surface area contributed by atoms with Gasteiger partial charge in [-0.1, -0.05) is 56.3 Å². The fourth-order valence-electron chi connectivity index (χ4n) is 3.07. The third kappa shape index (κ3) is 6.44. The Bertz CT molecular complexity index is 1030. The van der Waals surface area contributed by atoms with Gasteiger partial charge in [0, 0.05) is 30.4 Å². The molecule has 31 heavy (non-hydrogen) atoms. The summed E-state index contributed by atoms with van der Waals surface area (Å²) >= 11 is 0. The molecular weight excluding hydrogens is 388 g/mol. The number of carbonyl (C=O) groups is 2. The molecule has 0 bridgehead atoms. The first-order valence-electron chi connectivity index (χ1n) is 10.4. The second kappa shape index (κ2) is 10.4. The molecule has 2 amide bonds. The van der Waals surface area contributed by atoms with Crippen LogP contribution in [0.5, 0.6) is 5.75 Å². The van der Waals surface area contributed by atoms with E-state index in [2.05, 4.69) is 19.2 Å². The van der Waals surface area contributed by atoms with Crippen LogP contribution >= 0.6 is 0 Å². The van der Waals surface area contributed by atoms with E-state index in [4.69, 9.17) is 4.74 Å². The predicted molar refractivity (Wildman–Crippen MR) is 123 cm³/mol. The van der Waals surface area contributed by atoms with Crippen molar-refractivity contribution < 1.29 is 14.3 Å². The van der Waals surface area contributed by atoms with E-state index >= 15 is 0 Å². The third-order valence-corrected chi connectivity index (χ3v) is 4.66. The summed E-state index contributed by atoms with van der Waals surface area (Å²) in [6.07, 6.45) is 0. The summed E-state index contributed by atoms with van der Waals surface area (Å²) in [5.41, 5.74) is 2.64. The zero-order valence-corrected chi connectivity index (χ0v) is 18.2. The number of hydrogen-bond acceptors (Lipinski definition) is 3. The van der Waals surface area contributed by atoms with Gasteiger partial charge in [0.1, 0.15) is 5.75 Å². The normalized spacial score (nSPS) is 10.6. The summed E-state index contributed by atoms with van der Waals surface area (Å²) in [5.74, 6) is 0.701. The molecule has 0 aliphatic carbocycles. The van der Waals surface area contributed by atoms with E-state index in [9.17, 15) is 9.59 Å². The standard InChI is InChI=1S/C26H28N2O3/c1-19(2)18-31-24-14-8-11-21(16-24)25(29)27-23-13-7-12-22(15-23)26(30)28(3)17-20-9-5-4-6-10-20/h4-16,19H,17-18H2,1-3H3,(H,27,29). The molecule has 0 saturated carbocycles. The van der Waals surface area contributed by atoms with Crippen molar-refractivity contribution in [2.75, 3.05) is 19.0 Å². The highest BCUT2D eigenvalue weighted by Gasteiger charge is 2.14. The second-order valence-corrected chi connectivity index (χ2v) is 7.91. The molecule has 0 saturated heterocycles. The SMILES string of the molecule is CC(C)COc1cccc(C(=O)Nc2cccc(C(=O)N(C)Cc3ccccc3)c2)c1. The molecule has 0 aliphatic heterocycles. The van der Waals surface area contributed by atoms with E-state index in [0.29, 0.717) is 41.6 Å². The topological polar surface area (TPSA) is 58.6 Å². The first-order chi connectivity index (χ1) is 14.9. The van der Waals surface area contributed by atoms with Gasteiger partial charge in [0.2, 0.25) is 0 Å². The van der Waals surface area contributed by atoms with E-state index in [-0.39, 0.29) is 11.8 Å². The Kier molecular flexibility index (Phi) is 7.44. The van der Waals surface area contributed by atoms with Gasteiger partial charge in [-0.2, -0.15) is 0 Å². The number of nitrogens with zero attached hydrogens (tertiary/aromatic N) is 1.